The van der Waals surface area contributed by atoms with Crippen LogP contribution in [-0.2, 0) is 9.59 Å². The van der Waals surface area contributed by atoms with Crippen LogP contribution in [0.5, 0.6) is 11.5 Å². The van der Waals surface area contributed by atoms with Crippen molar-refractivity contribution in [2.24, 2.45) is 4.99 Å². The summed E-state index contributed by atoms with van der Waals surface area (Å²) in [5, 5.41) is 38.3. The summed E-state index contributed by atoms with van der Waals surface area (Å²) in [5.74, 6) is -1.13. The first-order valence-electron chi connectivity index (χ1n) is 11.8. The molecule has 2 aliphatic rings. The molecule has 2 amide bonds. The number of phenolic OH excluding ortho intramolecular Hbond substituents is 2. The van der Waals surface area contributed by atoms with Gasteiger partial charge in [-0.3, -0.25) is 25.1 Å². The van der Waals surface area contributed by atoms with Crippen LogP contribution in [0.3, 0.4) is 0 Å². The number of nitrogens with one attached hydrogen (secondary N) is 3. The first kappa shape index (κ1) is 27.4. The van der Waals surface area contributed by atoms with Gasteiger partial charge >= 0.3 is 0 Å². The Morgan fingerprint density at radius 2 is 2.05 bits per heavy atom. The quantitative estimate of drug-likeness (QED) is 0.121. The number of guanidine groups is 1. The fourth-order valence-corrected chi connectivity index (χ4v) is 5.24. The van der Waals surface area contributed by atoms with Gasteiger partial charge in [0.05, 0.1) is 21.7 Å². The first-order valence-corrected chi connectivity index (χ1v) is 13.0. The maximum atomic E-state index is 13.5. The van der Waals surface area contributed by atoms with E-state index in [-0.39, 0.29) is 44.3 Å². The molecular formula is C26H20N6O7S2. The Bertz CT molecular complexity index is 1680. The Balaban J connectivity index is 1.46. The third kappa shape index (κ3) is 5.75. The van der Waals surface area contributed by atoms with E-state index in [2.05, 4.69) is 21.1 Å². The fraction of sp³-hybridized carbons (Fsp3) is 0.0769. The maximum Gasteiger partial charge on any atom is 0.285 e. The molecule has 208 valence electrons. The van der Waals surface area contributed by atoms with Crippen LogP contribution in [0.4, 0.5) is 11.4 Å². The zero-order valence-electron chi connectivity index (χ0n) is 21.0. The number of hydrazine groups is 1. The summed E-state index contributed by atoms with van der Waals surface area (Å²) in [7, 11) is 0. The number of phenols is 2. The van der Waals surface area contributed by atoms with Crippen molar-refractivity contribution >= 4 is 63.5 Å². The molecular weight excluding hydrogens is 572 g/mol. The number of thiocarbonyl (C=S) groups is 1. The van der Waals surface area contributed by atoms with E-state index in [0.29, 0.717) is 16.4 Å². The van der Waals surface area contributed by atoms with Crippen molar-refractivity contribution in [3.63, 3.8) is 0 Å². The molecule has 5 rings (SSSR count). The maximum absolute atomic E-state index is 13.5. The number of nitrogens with zero attached hydrogens (tertiary/aromatic N) is 3. The highest BCUT2D eigenvalue weighted by molar-refractivity contribution is 8.26. The van der Waals surface area contributed by atoms with Gasteiger partial charge in [-0.25, -0.2) is 4.99 Å². The Hall–Kier alpha value is -5.15. The molecule has 3 aromatic rings. The number of nitro benzene ring substituents is 1. The van der Waals surface area contributed by atoms with Crippen molar-refractivity contribution < 1.29 is 29.1 Å². The molecule has 41 heavy (non-hydrogen) atoms. The Morgan fingerprint density at radius 1 is 1.24 bits per heavy atom. The lowest BCUT2D eigenvalue weighted by Crippen LogP contribution is -2.51. The van der Waals surface area contributed by atoms with Gasteiger partial charge in [0, 0.05) is 41.2 Å². The van der Waals surface area contributed by atoms with Crippen molar-refractivity contribution in [1.29, 1.82) is 0 Å². The number of allylic oxidation sites excluding steroid dienone is 1. The molecule has 0 spiro atoms. The minimum Gasteiger partial charge on any atom is -0.508 e. The summed E-state index contributed by atoms with van der Waals surface area (Å²) < 4.78 is 5.47. The minimum atomic E-state index is -1.12. The largest absolute Gasteiger partial charge is 0.508 e. The molecule has 13 nitrogen and oxygen atoms in total. The molecule has 15 heteroatoms. The van der Waals surface area contributed by atoms with Crippen LogP contribution in [-0.4, -0.2) is 42.2 Å². The van der Waals surface area contributed by atoms with E-state index in [1.165, 1.54) is 42.7 Å². The van der Waals surface area contributed by atoms with Crippen LogP contribution >= 0.6 is 24.0 Å². The van der Waals surface area contributed by atoms with E-state index in [1.807, 2.05) is 0 Å². The van der Waals surface area contributed by atoms with E-state index in [1.54, 1.807) is 25.1 Å². The number of aromatic hydroxyl groups is 2. The number of rotatable bonds is 6. The number of anilines is 1. The second-order valence-electron chi connectivity index (χ2n) is 8.69. The summed E-state index contributed by atoms with van der Waals surface area (Å²) in [6, 6.07) is 11.5. The lowest BCUT2D eigenvalue weighted by atomic mass is 9.94. The molecule has 0 bridgehead atoms. The second kappa shape index (κ2) is 11.1. The van der Waals surface area contributed by atoms with Crippen LogP contribution < -0.4 is 16.1 Å². The SMILES string of the molecule is CC1=C(C(=O)Nc2cccc([N+](=O)[O-])c2)C(c2ccc(O)cc2O)N=C(NN2C(=O)/C(=C\c3ccco3)SC2=S)N1. The summed E-state index contributed by atoms with van der Waals surface area (Å²) in [6.45, 7) is 1.59. The van der Waals surface area contributed by atoms with Crippen LogP contribution in [0.25, 0.3) is 6.08 Å². The molecule has 3 heterocycles. The molecule has 1 saturated heterocycles. The number of nitro groups is 1. The van der Waals surface area contributed by atoms with Gasteiger partial charge in [0.15, 0.2) is 4.32 Å². The second-order valence-corrected chi connectivity index (χ2v) is 10.4. The number of carbonyl (C=O) groups is 2. The number of carbonyl (C=O) groups excluding carboxylic acids is 2. The fourth-order valence-electron chi connectivity index (χ4n) is 4.08. The third-order valence-corrected chi connectivity index (χ3v) is 7.24. The van der Waals surface area contributed by atoms with Crippen LogP contribution in [0, 0.1) is 10.1 Å². The molecule has 2 aliphatic heterocycles. The van der Waals surface area contributed by atoms with Gasteiger partial charge in [-0.05, 0) is 49.5 Å². The van der Waals surface area contributed by atoms with Crippen molar-refractivity contribution in [3.8, 4) is 11.5 Å². The molecule has 1 atom stereocenters. The minimum absolute atomic E-state index is 0.0439. The number of furan rings is 1. The molecule has 0 radical (unpaired) electrons. The Morgan fingerprint density at radius 3 is 2.76 bits per heavy atom. The third-order valence-electron chi connectivity index (χ3n) is 5.94. The van der Waals surface area contributed by atoms with Crippen LogP contribution in [0.15, 0.2) is 86.4 Å². The Labute approximate surface area is 241 Å². The van der Waals surface area contributed by atoms with Gasteiger partial charge in [0.2, 0.25) is 5.96 Å². The van der Waals surface area contributed by atoms with E-state index in [0.717, 1.165) is 22.8 Å². The lowest BCUT2D eigenvalue weighted by molar-refractivity contribution is -0.384. The van der Waals surface area contributed by atoms with Crippen LogP contribution in [0.2, 0.25) is 0 Å². The molecule has 1 unspecified atom stereocenters. The summed E-state index contributed by atoms with van der Waals surface area (Å²) >= 11 is 6.42. The monoisotopic (exact) mass is 592 g/mol. The van der Waals surface area contributed by atoms with E-state index in [4.69, 9.17) is 16.6 Å². The van der Waals surface area contributed by atoms with E-state index >= 15 is 0 Å². The average Bonchev–Trinajstić information content (AvgIpc) is 3.52. The van der Waals surface area contributed by atoms with Gasteiger partial charge in [0.25, 0.3) is 17.5 Å². The summed E-state index contributed by atoms with van der Waals surface area (Å²) in [5.41, 5.74) is 3.35. The normalized spacial score (nSPS) is 17.9. The number of thioether (sulfide) groups is 1. The number of hydrogen-bond acceptors (Lipinski definition) is 12. The molecule has 1 aromatic heterocycles. The van der Waals surface area contributed by atoms with Gasteiger partial charge < -0.3 is 25.3 Å². The highest BCUT2D eigenvalue weighted by Crippen LogP contribution is 2.38. The predicted molar refractivity (Wildman–Crippen MR) is 154 cm³/mol. The summed E-state index contributed by atoms with van der Waals surface area (Å²) in [6.07, 6.45) is 3.03. The number of benzene rings is 2. The number of amides is 2. The lowest BCUT2D eigenvalue weighted by Gasteiger charge is -2.29. The van der Waals surface area contributed by atoms with Crippen LogP contribution in [0.1, 0.15) is 24.3 Å². The topological polar surface area (TPSA) is 183 Å². The molecule has 0 saturated carbocycles. The number of hydrogen-bond donors (Lipinski definition) is 5. The van der Waals surface area contributed by atoms with Gasteiger partial charge in [-0.15, -0.1) is 0 Å². The van der Waals surface area contributed by atoms with Crippen molar-refractivity contribution in [2.75, 3.05) is 5.32 Å². The average molecular weight is 593 g/mol. The highest BCUT2D eigenvalue weighted by Gasteiger charge is 2.36. The van der Waals surface area contributed by atoms with E-state index in [9.17, 15) is 29.9 Å². The van der Waals surface area contributed by atoms with Crippen molar-refractivity contribution in [3.05, 3.63) is 98.5 Å². The highest BCUT2D eigenvalue weighted by atomic mass is 32.2. The number of non-ortho nitro benzene ring substituents is 1. The predicted octanol–water partition coefficient (Wildman–Crippen LogP) is 3.92. The Kier molecular flexibility index (Phi) is 7.45. The molecule has 2 aromatic carbocycles. The molecule has 1 fully saturated rings. The zero-order chi connectivity index (χ0) is 29.3. The standard InChI is InChI=1S/C26H20N6O7S2/c1-13-21(23(35)28-14-4-2-5-15(10-14)32(37)38)22(18-8-7-16(33)11-19(18)34)29-25(27-13)30-31-24(36)20(41-26(31)40)12-17-6-3-9-39-17/h2-12,22,33-34H,1H3,(H,28,35)(H2,27,29,30)/b20-12+. The van der Waals surface area contributed by atoms with E-state index < -0.39 is 22.8 Å². The van der Waals surface area contributed by atoms with Gasteiger partial charge in [-0.2, -0.15) is 5.01 Å². The van der Waals surface area contributed by atoms with Gasteiger partial charge in [0.1, 0.15) is 23.3 Å². The van der Waals surface area contributed by atoms with Crippen molar-refractivity contribution in [2.45, 2.75) is 13.0 Å². The summed E-state index contributed by atoms with van der Waals surface area (Å²) in [4.78, 5) is 42.0. The van der Waals surface area contributed by atoms with Crippen molar-refractivity contribution in [1.82, 2.24) is 15.8 Å². The first-order chi connectivity index (χ1) is 19.6. The number of aliphatic imine (C=N–C) groups is 1. The van der Waals surface area contributed by atoms with Gasteiger partial charge in [-0.1, -0.05) is 17.8 Å². The molecule has 0 aliphatic carbocycles. The zero-order valence-corrected chi connectivity index (χ0v) is 22.7. The smallest absolute Gasteiger partial charge is 0.285 e. The molecule has 5 N–H and O–H groups in total.